The minimum Gasteiger partial charge on any atom is -0.483 e. The van der Waals surface area contributed by atoms with Gasteiger partial charge >= 0.3 is 11.9 Å². The first-order valence-corrected chi connectivity index (χ1v) is 10.4. The maximum atomic E-state index is 13.9. The molecule has 3 aliphatic rings. The fourth-order valence-electron chi connectivity index (χ4n) is 4.33. The Morgan fingerprint density at radius 1 is 1.16 bits per heavy atom. The molecule has 0 saturated carbocycles. The first kappa shape index (κ1) is 21.2. The van der Waals surface area contributed by atoms with Crippen LogP contribution in [0.2, 0.25) is 0 Å². The Balaban J connectivity index is 2.09. The molecular weight excluding hydrogens is 422 g/mol. The molecule has 0 bridgehead atoms. The van der Waals surface area contributed by atoms with E-state index in [2.05, 4.69) is 0 Å². The van der Waals surface area contributed by atoms with Crippen molar-refractivity contribution in [2.24, 2.45) is 5.41 Å². The normalized spacial score (nSPS) is 26.6. The average molecular weight is 443 g/mol. The lowest BCUT2D eigenvalue weighted by Crippen LogP contribution is -2.65. The van der Waals surface area contributed by atoms with Crippen molar-refractivity contribution in [3.05, 3.63) is 51.2 Å². The van der Waals surface area contributed by atoms with Crippen LogP contribution in [0.1, 0.15) is 29.8 Å². The standard InChI is InChI=1S/C22H21NO7S/c1-10-6-7-14-13(8-10)17(25)22(9-24)18(30-14)15(19(26)28-4)16(20(27)29-5)23-11(2)12(3)31-21(22)23/h6-9,18,21H,1-5H3/t18-,21-,22+/m1/s1. The Labute approximate surface area is 183 Å². The molecule has 0 amide bonds. The molecule has 0 fully saturated rings. The number of hydrogen-bond acceptors (Lipinski definition) is 9. The summed E-state index contributed by atoms with van der Waals surface area (Å²) in [5.41, 5.74) is -0.354. The number of fused-ring (bicyclic) bond motifs is 4. The topological polar surface area (TPSA) is 99.2 Å². The molecule has 0 saturated heterocycles. The van der Waals surface area contributed by atoms with Crippen LogP contribution in [0.5, 0.6) is 5.75 Å². The number of carbonyl (C=O) groups excluding carboxylic acids is 4. The summed E-state index contributed by atoms with van der Waals surface area (Å²) in [6, 6.07) is 5.04. The maximum Gasteiger partial charge on any atom is 0.355 e. The number of aryl methyl sites for hydroxylation is 1. The first-order chi connectivity index (χ1) is 14.7. The van der Waals surface area contributed by atoms with Crippen LogP contribution >= 0.6 is 11.8 Å². The number of allylic oxidation sites excluding steroid dienone is 2. The molecule has 0 N–H and O–H groups in total. The fraction of sp³-hybridized carbons (Fsp3) is 0.364. The van der Waals surface area contributed by atoms with Crippen molar-refractivity contribution in [1.29, 1.82) is 0 Å². The molecule has 1 aromatic rings. The van der Waals surface area contributed by atoms with E-state index in [0.29, 0.717) is 12.0 Å². The van der Waals surface area contributed by atoms with Gasteiger partial charge in [-0.1, -0.05) is 11.6 Å². The highest BCUT2D eigenvalue weighted by Gasteiger charge is 2.67. The highest BCUT2D eigenvalue weighted by Crippen LogP contribution is 2.57. The summed E-state index contributed by atoms with van der Waals surface area (Å²) in [7, 11) is 2.36. The van der Waals surface area contributed by atoms with Gasteiger partial charge in [0.1, 0.15) is 28.7 Å². The predicted molar refractivity (Wildman–Crippen MR) is 111 cm³/mol. The van der Waals surface area contributed by atoms with Crippen LogP contribution in [0, 0.1) is 12.3 Å². The molecule has 0 radical (unpaired) electrons. The van der Waals surface area contributed by atoms with Gasteiger partial charge in [0.25, 0.3) is 0 Å². The van der Waals surface area contributed by atoms with E-state index >= 15 is 0 Å². The average Bonchev–Trinajstić information content (AvgIpc) is 3.06. The monoisotopic (exact) mass is 443 g/mol. The van der Waals surface area contributed by atoms with Crippen LogP contribution in [0.4, 0.5) is 0 Å². The number of methoxy groups -OCH3 is 2. The second kappa shape index (κ2) is 7.26. The van der Waals surface area contributed by atoms with Gasteiger partial charge in [-0.3, -0.25) is 4.79 Å². The quantitative estimate of drug-likeness (QED) is 0.396. The highest BCUT2D eigenvalue weighted by molar-refractivity contribution is 8.03. The summed E-state index contributed by atoms with van der Waals surface area (Å²) in [4.78, 5) is 54.7. The number of Topliss-reactive ketones (excluding diaryl/α,β-unsaturated/α-hetero) is 1. The molecule has 1 aromatic carbocycles. The predicted octanol–water partition coefficient (Wildman–Crippen LogP) is 2.36. The van der Waals surface area contributed by atoms with Crippen LogP contribution < -0.4 is 4.74 Å². The molecule has 3 atom stereocenters. The zero-order valence-corrected chi connectivity index (χ0v) is 18.5. The molecular formula is C22H21NO7S. The van der Waals surface area contributed by atoms with Gasteiger partial charge in [0.05, 0.1) is 19.8 Å². The lowest BCUT2D eigenvalue weighted by molar-refractivity contribution is -0.144. The summed E-state index contributed by atoms with van der Waals surface area (Å²) in [5, 5.41) is -0.821. The molecule has 4 rings (SSSR count). The van der Waals surface area contributed by atoms with Crippen molar-refractivity contribution in [2.75, 3.05) is 14.2 Å². The van der Waals surface area contributed by atoms with Crippen molar-refractivity contribution in [3.8, 4) is 5.75 Å². The van der Waals surface area contributed by atoms with Crippen LogP contribution in [-0.2, 0) is 23.9 Å². The van der Waals surface area contributed by atoms with Gasteiger partial charge in [0, 0.05) is 10.6 Å². The number of ether oxygens (including phenoxy) is 3. The number of nitrogens with zero attached hydrogens (tertiary/aromatic N) is 1. The van der Waals surface area contributed by atoms with Crippen LogP contribution in [-0.4, -0.2) is 54.6 Å². The van der Waals surface area contributed by atoms with Gasteiger partial charge < -0.3 is 23.9 Å². The van der Waals surface area contributed by atoms with Crippen LogP contribution in [0.3, 0.4) is 0 Å². The molecule has 8 nitrogen and oxygen atoms in total. The van der Waals surface area contributed by atoms with Crippen molar-refractivity contribution in [2.45, 2.75) is 32.2 Å². The van der Waals surface area contributed by atoms with Crippen molar-refractivity contribution in [3.63, 3.8) is 0 Å². The van der Waals surface area contributed by atoms with Crippen molar-refractivity contribution >= 4 is 35.8 Å². The van der Waals surface area contributed by atoms with Gasteiger partial charge in [0.15, 0.2) is 17.3 Å². The second-order valence-corrected chi connectivity index (χ2v) is 8.90. The Bertz CT molecular complexity index is 1110. The van der Waals surface area contributed by atoms with Gasteiger partial charge in [0.2, 0.25) is 0 Å². The number of hydrogen-bond donors (Lipinski definition) is 0. The lowest BCUT2D eigenvalue weighted by Gasteiger charge is -2.50. The molecule has 3 aliphatic heterocycles. The minimum atomic E-state index is -1.77. The van der Waals surface area contributed by atoms with Gasteiger partial charge in [-0.25, -0.2) is 9.59 Å². The number of thioether (sulfide) groups is 1. The van der Waals surface area contributed by atoms with Gasteiger partial charge in [-0.15, -0.1) is 11.8 Å². The maximum absolute atomic E-state index is 13.9. The van der Waals surface area contributed by atoms with E-state index in [1.807, 2.05) is 13.8 Å². The molecule has 0 spiro atoms. The molecule has 162 valence electrons. The number of rotatable bonds is 3. The fourth-order valence-corrected chi connectivity index (χ4v) is 5.79. The Morgan fingerprint density at radius 2 is 1.84 bits per heavy atom. The van der Waals surface area contributed by atoms with E-state index in [9.17, 15) is 19.2 Å². The third-order valence-corrected chi connectivity index (χ3v) is 7.46. The summed E-state index contributed by atoms with van der Waals surface area (Å²) >= 11 is 1.28. The van der Waals surface area contributed by atoms with E-state index in [1.54, 1.807) is 25.1 Å². The Morgan fingerprint density at radius 3 is 2.45 bits per heavy atom. The van der Waals surface area contributed by atoms with Crippen LogP contribution in [0.25, 0.3) is 0 Å². The molecule has 0 aromatic heterocycles. The molecule has 31 heavy (non-hydrogen) atoms. The van der Waals surface area contributed by atoms with Gasteiger partial charge in [-0.05, 0) is 32.9 Å². The minimum absolute atomic E-state index is 0.0907. The summed E-state index contributed by atoms with van der Waals surface area (Å²) in [6.07, 6.45) is -0.805. The summed E-state index contributed by atoms with van der Waals surface area (Å²) < 4.78 is 16.0. The van der Waals surface area contributed by atoms with Crippen molar-refractivity contribution < 1.29 is 33.4 Å². The third kappa shape index (κ3) is 2.69. The number of ketones is 1. The SMILES string of the molecule is COC(=O)C1=C(C(=O)OC)N2C(C)=C(C)S[C@@H]2[C@@]2(C=O)C(=O)c3cc(C)ccc3O[C@H]12. The summed E-state index contributed by atoms with van der Waals surface area (Å²) in [5.74, 6) is -1.89. The molecule has 9 heteroatoms. The van der Waals surface area contributed by atoms with Crippen molar-refractivity contribution in [1.82, 2.24) is 4.90 Å². The largest absolute Gasteiger partial charge is 0.483 e. The number of esters is 2. The number of aldehydes is 1. The second-order valence-electron chi connectivity index (χ2n) is 7.60. The van der Waals surface area contributed by atoms with Gasteiger partial charge in [-0.2, -0.15) is 0 Å². The molecule has 0 aliphatic carbocycles. The van der Waals surface area contributed by atoms with E-state index in [4.69, 9.17) is 14.2 Å². The van der Waals surface area contributed by atoms with E-state index in [-0.39, 0.29) is 22.6 Å². The Hall–Kier alpha value is -3.07. The number of carbonyl (C=O) groups is 4. The number of benzene rings is 1. The lowest BCUT2D eigenvalue weighted by atomic mass is 9.68. The van der Waals surface area contributed by atoms with Crippen LogP contribution in [0.15, 0.2) is 40.1 Å². The van der Waals surface area contributed by atoms with E-state index in [1.165, 1.54) is 23.8 Å². The third-order valence-electron chi connectivity index (χ3n) is 5.99. The molecule has 3 heterocycles. The first-order valence-electron chi connectivity index (χ1n) is 9.55. The zero-order valence-electron chi connectivity index (χ0n) is 17.7. The van der Waals surface area contributed by atoms with E-state index in [0.717, 1.165) is 17.6 Å². The highest BCUT2D eigenvalue weighted by atomic mass is 32.2. The Kier molecular flexibility index (Phi) is 4.96. The zero-order chi connectivity index (χ0) is 22.7. The van der Waals surface area contributed by atoms with E-state index < -0.39 is 34.6 Å². The molecule has 0 unspecified atom stereocenters. The smallest absolute Gasteiger partial charge is 0.355 e. The summed E-state index contributed by atoms with van der Waals surface area (Å²) in [6.45, 7) is 5.41.